The van der Waals surface area contributed by atoms with Crippen LogP contribution in [0.15, 0.2) is 54.1 Å². The van der Waals surface area contributed by atoms with Crippen molar-refractivity contribution in [3.63, 3.8) is 0 Å². The van der Waals surface area contributed by atoms with Crippen molar-refractivity contribution in [2.75, 3.05) is 20.3 Å². The van der Waals surface area contributed by atoms with Crippen molar-refractivity contribution in [2.45, 2.75) is 19.4 Å². The lowest BCUT2D eigenvalue weighted by Crippen LogP contribution is -2.31. The van der Waals surface area contributed by atoms with Crippen molar-refractivity contribution in [1.82, 2.24) is 4.90 Å². The number of rotatable bonds is 6. The highest BCUT2D eigenvalue weighted by atomic mass is 35.5. The van der Waals surface area contributed by atoms with E-state index in [1.165, 1.54) is 4.90 Å². The highest BCUT2D eigenvalue weighted by Gasteiger charge is 2.45. The van der Waals surface area contributed by atoms with Crippen LogP contribution >= 0.6 is 11.6 Å². The van der Waals surface area contributed by atoms with Gasteiger partial charge in [-0.05, 0) is 31.0 Å². The second-order valence-electron chi connectivity index (χ2n) is 6.76. The van der Waals surface area contributed by atoms with Crippen molar-refractivity contribution in [1.29, 1.82) is 0 Å². The Balaban J connectivity index is 2.12. The van der Waals surface area contributed by atoms with Crippen LogP contribution in [0.2, 0.25) is 5.02 Å². The molecule has 2 aromatic rings. The van der Waals surface area contributed by atoms with Crippen molar-refractivity contribution < 1.29 is 19.4 Å². The number of methoxy groups -OCH3 is 1. The molecule has 1 aliphatic heterocycles. The van der Waals surface area contributed by atoms with Gasteiger partial charge in [0.1, 0.15) is 5.76 Å². The average molecular weight is 400 g/mol. The molecule has 5 nitrogen and oxygen atoms in total. The number of carbonyl (C=O) groups is 2. The normalized spacial score (nSPS) is 18.7. The van der Waals surface area contributed by atoms with Crippen LogP contribution in [-0.2, 0) is 14.3 Å². The third-order valence-electron chi connectivity index (χ3n) is 4.78. The van der Waals surface area contributed by atoms with Gasteiger partial charge in [-0.15, -0.1) is 0 Å². The van der Waals surface area contributed by atoms with Crippen molar-refractivity contribution in [3.8, 4) is 0 Å². The van der Waals surface area contributed by atoms with E-state index in [-0.39, 0.29) is 11.3 Å². The van der Waals surface area contributed by atoms with Gasteiger partial charge < -0.3 is 14.7 Å². The Bertz CT molecular complexity index is 920. The third-order valence-corrected chi connectivity index (χ3v) is 5.01. The molecule has 3 rings (SSSR count). The van der Waals surface area contributed by atoms with E-state index in [1.54, 1.807) is 43.5 Å². The topological polar surface area (TPSA) is 66.8 Å². The maximum Gasteiger partial charge on any atom is 0.295 e. The molecule has 0 saturated carbocycles. The van der Waals surface area contributed by atoms with Crippen LogP contribution in [-0.4, -0.2) is 42.0 Å². The molecule has 1 heterocycles. The maximum atomic E-state index is 12.8. The third kappa shape index (κ3) is 3.96. The summed E-state index contributed by atoms with van der Waals surface area (Å²) in [5.74, 6) is -1.51. The zero-order valence-corrected chi connectivity index (χ0v) is 16.6. The maximum absolute atomic E-state index is 12.8. The number of Topliss-reactive ketones (excluding diaryl/α,β-unsaturated/α-hetero) is 1. The fourth-order valence-corrected chi connectivity index (χ4v) is 3.58. The quantitative estimate of drug-likeness (QED) is 0.343. The second-order valence-corrected chi connectivity index (χ2v) is 7.20. The van der Waals surface area contributed by atoms with Gasteiger partial charge in [0, 0.05) is 30.8 Å². The van der Waals surface area contributed by atoms with Gasteiger partial charge in [0.15, 0.2) is 0 Å². The minimum Gasteiger partial charge on any atom is -0.507 e. The van der Waals surface area contributed by atoms with E-state index in [0.29, 0.717) is 35.7 Å². The molecule has 0 bridgehead atoms. The Labute approximate surface area is 169 Å². The molecule has 0 aliphatic carbocycles. The number of amides is 1. The fourth-order valence-electron chi connectivity index (χ4n) is 3.38. The molecular formula is C22H22ClNO4. The Morgan fingerprint density at radius 3 is 2.54 bits per heavy atom. The molecule has 28 heavy (non-hydrogen) atoms. The average Bonchev–Trinajstić information content (AvgIpc) is 2.93. The summed E-state index contributed by atoms with van der Waals surface area (Å²) >= 11 is 6.15. The Kier molecular flexibility index (Phi) is 6.17. The minimum absolute atomic E-state index is 0.0773. The van der Waals surface area contributed by atoms with Gasteiger partial charge in [-0.2, -0.15) is 0 Å². The molecule has 1 saturated heterocycles. The molecule has 0 aromatic heterocycles. The number of aryl methyl sites for hydroxylation is 1. The summed E-state index contributed by atoms with van der Waals surface area (Å²) in [5, 5.41) is 11.4. The first-order valence-electron chi connectivity index (χ1n) is 9.04. The minimum atomic E-state index is -0.697. The van der Waals surface area contributed by atoms with Gasteiger partial charge in [0.05, 0.1) is 11.6 Å². The number of aliphatic hydroxyl groups excluding tert-OH is 1. The number of carbonyl (C=O) groups excluding carboxylic acids is 2. The summed E-state index contributed by atoms with van der Waals surface area (Å²) < 4.78 is 5.07. The SMILES string of the molecule is COCCCN1C(=O)C(=O)C(=C(O)c2ccc(C)cc2)C1c1cccc(Cl)c1. The van der Waals surface area contributed by atoms with Crippen LogP contribution < -0.4 is 0 Å². The summed E-state index contributed by atoms with van der Waals surface area (Å²) in [6, 6.07) is 13.5. The Morgan fingerprint density at radius 1 is 1.18 bits per heavy atom. The van der Waals surface area contributed by atoms with E-state index >= 15 is 0 Å². The number of benzene rings is 2. The highest BCUT2D eigenvalue weighted by molar-refractivity contribution is 6.46. The van der Waals surface area contributed by atoms with Crippen LogP contribution in [0, 0.1) is 6.92 Å². The van der Waals surface area contributed by atoms with Crippen LogP contribution in [0.3, 0.4) is 0 Å². The lowest BCUT2D eigenvalue weighted by Gasteiger charge is -2.25. The summed E-state index contributed by atoms with van der Waals surface area (Å²) in [6.07, 6.45) is 0.575. The van der Waals surface area contributed by atoms with Crippen molar-refractivity contribution in [3.05, 3.63) is 75.8 Å². The first-order valence-corrected chi connectivity index (χ1v) is 9.41. The standard InChI is InChI=1S/C22H22ClNO4/c1-14-7-9-15(10-8-14)20(25)18-19(16-5-3-6-17(23)13-16)24(11-4-12-28-2)22(27)21(18)26/h3,5-10,13,19,25H,4,11-12H2,1-2H3. The number of aliphatic hydroxyl groups is 1. The monoisotopic (exact) mass is 399 g/mol. The number of hydrogen-bond acceptors (Lipinski definition) is 4. The predicted octanol–water partition coefficient (Wildman–Crippen LogP) is 4.11. The Hall–Kier alpha value is -2.63. The van der Waals surface area contributed by atoms with Gasteiger partial charge in [-0.1, -0.05) is 53.6 Å². The predicted molar refractivity (Wildman–Crippen MR) is 108 cm³/mol. The molecule has 2 aromatic carbocycles. The van der Waals surface area contributed by atoms with E-state index < -0.39 is 17.7 Å². The number of ether oxygens (including phenoxy) is 1. The van der Waals surface area contributed by atoms with Gasteiger partial charge in [-0.3, -0.25) is 9.59 Å². The second kappa shape index (κ2) is 8.59. The molecular weight excluding hydrogens is 378 g/mol. The molecule has 1 N–H and O–H groups in total. The first-order chi connectivity index (χ1) is 13.4. The molecule has 0 spiro atoms. The number of ketones is 1. The van der Waals surface area contributed by atoms with E-state index in [4.69, 9.17) is 16.3 Å². The lowest BCUT2D eigenvalue weighted by molar-refractivity contribution is -0.140. The molecule has 1 fully saturated rings. The molecule has 1 amide bonds. The smallest absolute Gasteiger partial charge is 0.295 e. The summed E-state index contributed by atoms with van der Waals surface area (Å²) in [7, 11) is 1.58. The molecule has 1 unspecified atom stereocenters. The summed E-state index contributed by atoms with van der Waals surface area (Å²) in [6.45, 7) is 2.73. The molecule has 0 radical (unpaired) electrons. The van der Waals surface area contributed by atoms with Crippen LogP contribution in [0.4, 0.5) is 0 Å². The van der Waals surface area contributed by atoms with Gasteiger partial charge in [0.2, 0.25) is 0 Å². The fraction of sp³-hybridized carbons (Fsp3) is 0.273. The number of hydrogen-bond donors (Lipinski definition) is 1. The van der Waals surface area contributed by atoms with E-state index in [9.17, 15) is 14.7 Å². The van der Waals surface area contributed by atoms with Gasteiger partial charge >= 0.3 is 0 Å². The van der Waals surface area contributed by atoms with E-state index in [1.807, 2.05) is 19.1 Å². The molecule has 6 heteroatoms. The lowest BCUT2D eigenvalue weighted by atomic mass is 9.95. The van der Waals surface area contributed by atoms with Crippen molar-refractivity contribution >= 4 is 29.1 Å². The van der Waals surface area contributed by atoms with E-state index in [2.05, 4.69) is 0 Å². The number of nitrogens with zero attached hydrogens (tertiary/aromatic N) is 1. The molecule has 146 valence electrons. The highest BCUT2D eigenvalue weighted by Crippen LogP contribution is 2.40. The number of halogens is 1. The largest absolute Gasteiger partial charge is 0.507 e. The molecule has 1 atom stereocenters. The van der Waals surface area contributed by atoms with Crippen LogP contribution in [0.1, 0.15) is 29.2 Å². The Morgan fingerprint density at radius 2 is 1.89 bits per heavy atom. The molecule has 1 aliphatic rings. The van der Waals surface area contributed by atoms with Crippen molar-refractivity contribution in [2.24, 2.45) is 0 Å². The number of likely N-dealkylation sites (tertiary alicyclic amines) is 1. The summed E-state index contributed by atoms with van der Waals surface area (Å²) in [4.78, 5) is 27.0. The first kappa shape index (κ1) is 20.1. The van der Waals surface area contributed by atoms with Crippen LogP contribution in [0.5, 0.6) is 0 Å². The van der Waals surface area contributed by atoms with Gasteiger partial charge in [-0.25, -0.2) is 0 Å². The zero-order chi connectivity index (χ0) is 20.3. The van der Waals surface area contributed by atoms with Crippen LogP contribution in [0.25, 0.3) is 5.76 Å². The van der Waals surface area contributed by atoms with Gasteiger partial charge in [0.25, 0.3) is 11.7 Å². The summed E-state index contributed by atoms with van der Waals surface area (Å²) in [5.41, 5.74) is 2.28. The zero-order valence-electron chi connectivity index (χ0n) is 15.8. The van der Waals surface area contributed by atoms with E-state index in [0.717, 1.165) is 5.56 Å².